The zero-order valence-electron chi connectivity index (χ0n) is 10.1. The third-order valence-electron chi connectivity index (χ3n) is 3.24. The van der Waals surface area contributed by atoms with E-state index in [0.29, 0.717) is 19.3 Å². The molecule has 4 nitrogen and oxygen atoms in total. The van der Waals surface area contributed by atoms with Gasteiger partial charge in [-0.15, -0.1) is 6.42 Å². The number of hydrogen-bond acceptors (Lipinski definition) is 4. The first-order chi connectivity index (χ1) is 8.06. The van der Waals surface area contributed by atoms with Crippen molar-refractivity contribution < 1.29 is 19.4 Å². The molecule has 4 heteroatoms. The van der Waals surface area contributed by atoms with Gasteiger partial charge in [0.05, 0.1) is 6.61 Å². The lowest BCUT2D eigenvalue weighted by molar-refractivity contribution is -0.159. The molecule has 1 N–H and O–H groups in total. The molecule has 17 heavy (non-hydrogen) atoms. The highest BCUT2D eigenvalue weighted by Gasteiger charge is 2.49. The molecule has 1 aliphatic rings. The Morgan fingerprint density at radius 2 is 2.41 bits per heavy atom. The highest BCUT2D eigenvalue weighted by Crippen LogP contribution is 2.40. The summed E-state index contributed by atoms with van der Waals surface area (Å²) in [6.07, 6.45) is 6.29. The fourth-order valence-corrected chi connectivity index (χ4v) is 2.25. The van der Waals surface area contributed by atoms with Crippen LogP contribution in [-0.4, -0.2) is 29.6 Å². The number of carbonyl (C=O) groups is 2. The number of esters is 1. The van der Waals surface area contributed by atoms with Gasteiger partial charge in [-0.05, 0) is 32.6 Å². The van der Waals surface area contributed by atoms with E-state index in [9.17, 15) is 14.7 Å². The molecule has 2 atom stereocenters. The molecular weight excluding hydrogens is 220 g/mol. The predicted octanol–water partition coefficient (Wildman–Crippen LogP) is 1.06. The van der Waals surface area contributed by atoms with Crippen molar-refractivity contribution in [3.05, 3.63) is 0 Å². The van der Waals surface area contributed by atoms with Crippen LogP contribution < -0.4 is 0 Å². The zero-order valence-corrected chi connectivity index (χ0v) is 10.1. The molecule has 94 valence electrons. The number of ether oxygens (including phenoxy) is 1. The molecule has 0 bridgehead atoms. The van der Waals surface area contributed by atoms with Crippen molar-refractivity contribution in [2.24, 2.45) is 5.41 Å². The molecule has 0 aromatic carbocycles. The van der Waals surface area contributed by atoms with Gasteiger partial charge in [0, 0.05) is 6.42 Å². The Hall–Kier alpha value is -1.34. The van der Waals surface area contributed by atoms with Crippen LogP contribution in [0.25, 0.3) is 0 Å². The topological polar surface area (TPSA) is 63.6 Å². The second kappa shape index (κ2) is 5.83. The normalized spacial score (nSPS) is 25.4. The maximum Gasteiger partial charge on any atom is 0.319 e. The van der Waals surface area contributed by atoms with Crippen molar-refractivity contribution in [2.75, 3.05) is 6.61 Å². The summed E-state index contributed by atoms with van der Waals surface area (Å²) < 4.78 is 4.97. The molecule has 1 fully saturated rings. The summed E-state index contributed by atoms with van der Waals surface area (Å²) in [6.45, 7) is 1.97. The minimum atomic E-state index is -1.06. The van der Waals surface area contributed by atoms with E-state index < -0.39 is 17.5 Å². The second-order valence-corrected chi connectivity index (χ2v) is 4.30. The fourth-order valence-electron chi connectivity index (χ4n) is 2.25. The van der Waals surface area contributed by atoms with E-state index in [4.69, 9.17) is 11.2 Å². The van der Waals surface area contributed by atoms with Gasteiger partial charge < -0.3 is 9.84 Å². The molecule has 2 unspecified atom stereocenters. The van der Waals surface area contributed by atoms with Crippen LogP contribution in [0.15, 0.2) is 0 Å². The van der Waals surface area contributed by atoms with Crippen LogP contribution in [0.5, 0.6) is 0 Å². The summed E-state index contributed by atoms with van der Waals surface area (Å²) in [7, 11) is 0. The Morgan fingerprint density at radius 3 is 2.88 bits per heavy atom. The highest BCUT2D eigenvalue weighted by molar-refractivity contribution is 6.05. The van der Waals surface area contributed by atoms with E-state index in [1.54, 1.807) is 6.92 Å². The van der Waals surface area contributed by atoms with E-state index in [-0.39, 0.29) is 25.2 Å². The number of ketones is 1. The first kappa shape index (κ1) is 13.7. The second-order valence-electron chi connectivity index (χ2n) is 4.30. The number of aliphatic hydroxyl groups is 1. The van der Waals surface area contributed by atoms with Crippen molar-refractivity contribution in [3.8, 4) is 12.3 Å². The van der Waals surface area contributed by atoms with Gasteiger partial charge in [0.1, 0.15) is 17.3 Å². The van der Waals surface area contributed by atoms with Gasteiger partial charge in [0.2, 0.25) is 0 Å². The number of rotatable bonds is 5. The first-order valence-electron chi connectivity index (χ1n) is 5.91. The quantitative estimate of drug-likeness (QED) is 0.442. The summed E-state index contributed by atoms with van der Waals surface area (Å²) in [6, 6.07) is 0. The minimum Gasteiger partial charge on any atom is -0.465 e. The van der Waals surface area contributed by atoms with Crippen LogP contribution in [0.2, 0.25) is 0 Å². The smallest absolute Gasteiger partial charge is 0.319 e. The Bertz CT molecular complexity index is 342. The van der Waals surface area contributed by atoms with Crippen molar-refractivity contribution in [1.29, 1.82) is 0 Å². The van der Waals surface area contributed by atoms with Crippen LogP contribution in [0.4, 0.5) is 0 Å². The fraction of sp³-hybridized carbons (Fsp3) is 0.692. The lowest BCUT2D eigenvalue weighted by atomic mass is 9.80. The Kier molecular flexibility index (Phi) is 4.71. The van der Waals surface area contributed by atoms with Crippen molar-refractivity contribution >= 4 is 11.8 Å². The predicted molar refractivity (Wildman–Crippen MR) is 62.0 cm³/mol. The number of carbonyl (C=O) groups excluding carboxylic acids is 2. The molecule has 1 saturated carbocycles. The first-order valence-corrected chi connectivity index (χ1v) is 5.91. The number of Topliss-reactive ketones (excluding diaryl/α,β-unsaturated/α-hetero) is 1. The molecular formula is C13H18O4. The average molecular weight is 238 g/mol. The summed E-state index contributed by atoms with van der Waals surface area (Å²) in [5, 5.41) is 9.33. The van der Waals surface area contributed by atoms with Gasteiger partial charge in [0.15, 0.2) is 0 Å². The Balaban J connectivity index is 2.77. The number of terminal acetylenes is 1. The zero-order chi connectivity index (χ0) is 12.9. The van der Waals surface area contributed by atoms with E-state index in [1.807, 2.05) is 0 Å². The van der Waals surface area contributed by atoms with Crippen LogP contribution in [0.1, 0.15) is 39.0 Å². The average Bonchev–Trinajstić information content (AvgIpc) is 2.69. The molecule has 1 aliphatic carbocycles. The lowest BCUT2D eigenvalue weighted by Gasteiger charge is -2.25. The van der Waals surface area contributed by atoms with E-state index in [1.165, 1.54) is 0 Å². The maximum absolute atomic E-state index is 11.9. The van der Waals surface area contributed by atoms with Gasteiger partial charge in [-0.3, -0.25) is 9.59 Å². The standard InChI is InChI=1S/C13H18O4/c1-3-10(14)7-9-13(12(16)17-4-2)8-5-6-11(13)15/h1,10,14H,4-9H2,2H3. The van der Waals surface area contributed by atoms with Gasteiger partial charge in [-0.25, -0.2) is 0 Å². The van der Waals surface area contributed by atoms with E-state index in [0.717, 1.165) is 0 Å². The van der Waals surface area contributed by atoms with Crippen LogP contribution in [0.3, 0.4) is 0 Å². The molecule has 0 heterocycles. The van der Waals surface area contributed by atoms with Crippen LogP contribution >= 0.6 is 0 Å². The molecule has 0 radical (unpaired) electrons. The van der Waals surface area contributed by atoms with Crippen molar-refractivity contribution in [3.63, 3.8) is 0 Å². The lowest BCUT2D eigenvalue weighted by Crippen LogP contribution is -2.37. The monoisotopic (exact) mass is 238 g/mol. The SMILES string of the molecule is C#CC(O)CCC1(C(=O)OCC)CCCC1=O. The highest BCUT2D eigenvalue weighted by atomic mass is 16.5. The molecule has 1 rings (SSSR count). The third-order valence-corrected chi connectivity index (χ3v) is 3.24. The molecule has 0 saturated heterocycles. The van der Waals surface area contributed by atoms with Crippen molar-refractivity contribution in [2.45, 2.75) is 45.1 Å². The molecule has 0 aromatic heterocycles. The summed E-state index contributed by atoms with van der Waals surface area (Å²) in [5.74, 6) is 1.63. The number of aliphatic hydroxyl groups excluding tert-OH is 1. The Labute approximate surface area is 101 Å². The third kappa shape index (κ3) is 2.86. The Morgan fingerprint density at radius 1 is 1.71 bits per heavy atom. The van der Waals surface area contributed by atoms with Crippen LogP contribution in [-0.2, 0) is 14.3 Å². The van der Waals surface area contributed by atoms with Gasteiger partial charge >= 0.3 is 5.97 Å². The molecule has 0 aliphatic heterocycles. The molecule has 0 aromatic rings. The number of hydrogen-bond donors (Lipinski definition) is 1. The van der Waals surface area contributed by atoms with Gasteiger partial charge in [-0.1, -0.05) is 5.92 Å². The maximum atomic E-state index is 11.9. The summed E-state index contributed by atoms with van der Waals surface area (Å²) >= 11 is 0. The van der Waals surface area contributed by atoms with E-state index >= 15 is 0 Å². The summed E-state index contributed by atoms with van der Waals surface area (Å²) in [4.78, 5) is 23.8. The van der Waals surface area contributed by atoms with Gasteiger partial charge in [0.25, 0.3) is 0 Å². The minimum absolute atomic E-state index is 0.0832. The van der Waals surface area contributed by atoms with Gasteiger partial charge in [-0.2, -0.15) is 0 Å². The largest absolute Gasteiger partial charge is 0.465 e. The van der Waals surface area contributed by atoms with Crippen molar-refractivity contribution in [1.82, 2.24) is 0 Å². The van der Waals surface area contributed by atoms with E-state index in [2.05, 4.69) is 5.92 Å². The molecule has 0 amide bonds. The summed E-state index contributed by atoms with van der Waals surface area (Å²) in [5.41, 5.74) is -1.06. The van der Waals surface area contributed by atoms with Crippen LogP contribution in [0, 0.1) is 17.8 Å². The molecule has 0 spiro atoms.